The van der Waals surface area contributed by atoms with E-state index in [9.17, 15) is 0 Å². The van der Waals surface area contributed by atoms with E-state index in [2.05, 4.69) is 42.7 Å². The summed E-state index contributed by atoms with van der Waals surface area (Å²) in [4.78, 5) is 2.57. The van der Waals surface area contributed by atoms with Crippen LogP contribution in [0.25, 0.3) is 0 Å². The molecule has 0 aromatic rings. The molecule has 0 amide bonds. The van der Waals surface area contributed by atoms with Gasteiger partial charge in [-0.1, -0.05) is 6.92 Å². The van der Waals surface area contributed by atoms with Crippen molar-refractivity contribution in [3.63, 3.8) is 0 Å². The lowest BCUT2D eigenvalue weighted by Gasteiger charge is -2.35. The molecule has 0 saturated carbocycles. The van der Waals surface area contributed by atoms with Gasteiger partial charge in [-0.2, -0.15) is 11.8 Å². The van der Waals surface area contributed by atoms with Crippen LogP contribution in [-0.4, -0.2) is 48.1 Å². The van der Waals surface area contributed by atoms with E-state index in [1.54, 1.807) is 0 Å². The first-order valence-corrected chi connectivity index (χ1v) is 6.34. The number of likely N-dealkylation sites (N-methyl/N-ethyl adjacent to an activating group) is 1. The standard InChI is InChI=1S/C10H22N2S/c1-4-11-10(2,3)9-12-5-7-13-8-6-12/h11H,4-9H2,1-3H3. The Morgan fingerprint density at radius 1 is 1.31 bits per heavy atom. The van der Waals surface area contributed by atoms with Gasteiger partial charge >= 0.3 is 0 Å². The van der Waals surface area contributed by atoms with Crippen LogP contribution in [0.4, 0.5) is 0 Å². The van der Waals surface area contributed by atoms with Gasteiger partial charge in [0, 0.05) is 36.7 Å². The topological polar surface area (TPSA) is 15.3 Å². The van der Waals surface area contributed by atoms with Crippen LogP contribution in [0.2, 0.25) is 0 Å². The van der Waals surface area contributed by atoms with E-state index in [4.69, 9.17) is 0 Å². The van der Waals surface area contributed by atoms with Crippen LogP contribution in [0, 0.1) is 0 Å². The summed E-state index contributed by atoms with van der Waals surface area (Å²) in [6, 6.07) is 0. The monoisotopic (exact) mass is 202 g/mol. The van der Waals surface area contributed by atoms with Crippen LogP contribution in [0.1, 0.15) is 20.8 Å². The lowest BCUT2D eigenvalue weighted by atomic mass is 10.1. The molecule has 3 heteroatoms. The van der Waals surface area contributed by atoms with Crippen molar-refractivity contribution in [2.45, 2.75) is 26.3 Å². The van der Waals surface area contributed by atoms with Gasteiger partial charge in [0.15, 0.2) is 0 Å². The van der Waals surface area contributed by atoms with Crippen molar-refractivity contribution in [3.8, 4) is 0 Å². The summed E-state index contributed by atoms with van der Waals surface area (Å²) in [5.41, 5.74) is 0.275. The number of rotatable bonds is 4. The highest BCUT2D eigenvalue weighted by atomic mass is 32.2. The molecule has 13 heavy (non-hydrogen) atoms. The minimum absolute atomic E-state index is 0.275. The molecule has 78 valence electrons. The maximum Gasteiger partial charge on any atom is 0.0252 e. The smallest absolute Gasteiger partial charge is 0.0252 e. The second kappa shape index (κ2) is 5.23. The molecule has 1 rings (SSSR count). The largest absolute Gasteiger partial charge is 0.311 e. The number of thioether (sulfide) groups is 1. The Morgan fingerprint density at radius 3 is 2.46 bits per heavy atom. The molecule has 1 aliphatic rings. The van der Waals surface area contributed by atoms with Gasteiger partial charge in [-0.25, -0.2) is 0 Å². The first-order chi connectivity index (χ1) is 6.14. The zero-order chi connectivity index (χ0) is 9.73. The number of hydrogen-bond donors (Lipinski definition) is 1. The SMILES string of the molecule is CCNC(C)(C)CN1CCSCC1. The number of nitrogens with one attached hydrogen (secondary N) is 1. The van der Waals surface area contributed by atoms with Crippen LogP contribution < -0.4 is 5.32 Å². The van der Waals surface area contributed by atoms with Gasteiger partial charge < -0.3 is 5.32 Å². The van der Waals surface area contributed by atoms with Crippen LogP contribution in [0.3, 0.4) is 0 Å². The normalized spacial score (nSPS) is 20.5. The van der Waals surface area contributed by atoms with Crippen molar-refractivity contribution in [2.24, 2.45) is 0 Å². The van der Waals surface area contributed by atoms with E-state index in [0.717, 1.165) is 6.54 Å². The van der Waals surface area contributed by atoms with Gasteiger partial charge in [0.25, 0.3) is 0 Å². The van der Waals surface area contributed by atoms with E-state index in [0.29, 0.717) is 0 Å². The summed E-state index contributed by atoms with van der Waals surface area (Å²) in [5, 5.41) is 3.52. The van der Waals surface area contributed by atoms with Gasteiger partial charge in [0.2, 0.25) is 0 Å². The summed E-state index contributed by atoms with van der Waals surface area (Å²) in [6.07, 6.45) is 0. The van der Waals surface area contributed by atoms with Crippen molar-refractivity contribution in [1.82, 2.24) is 10.2 Å². The number of nitrogens with zero attached hydrogens (tertiary/aromatic N) is 1. The van der Waals surface area contributed by atoms with E-state index in [1.165, 1.54) is 31.1 Å². The summed E-state index contributed by atoms with van der Waals surface area (Å²) in [7, 11) is 0. The second-order valence-corrected chi connectivity index (χ2v) is 5.53. The summed E-state index contributed by atoms with van der Waals surface area (Å²) >= 11 is 2.08. The highest BCUT2D eigenvalue weighted by molar-refractivity contribution is 7.99. The minimum Gasteiger partial charge on any atom is -0.311 e. The highest BCUT2D eigenvalue weighted by Crippen LogP contribution is 2.12. The van der Waals surface area contributed by atoms with Crippen LogP contribution in [0.5, 0.6) is 0 Å². The Hall–Kier alpha value is 0.270. The molecular weight excluding hydrogens is 180 g/mol. The third-order valence-electron chi connectivity index (χ3n) is 2.38. The number of hydrogen-bond acceptors (Lipinski definition) is 3. The molecule has 1 fully saturated rings. The van der Waals surface area contributed by atoms with E-state index < -0.39 is 0 Å². The Bertz CT molecular complexity index is 142. The second-order valence-electron chi connectivity index (χ2n) is 4.30. The molecule has 1 heterocycles. The Labute approximate surface area is 86.5 Å². The maximum atomic E-state index is 3.52. The molecule has 0 aromatic heterocycles. The molecule has 1 aliphatic heterocycles. The first kappa shape index (κ1) is 11.3. The molecule has 0 spiro atoms. The fourth-order valence-electron chi connectivity index (χ4n) is 1.85. The average Bonchev–Trinajstić information content (AvgIpc) is 2.04. The molecule has 0 aromatic carbocycles. The fraction of sp³-hybridized carbons (Fsp3) is 1.00. The fourth-order valence-corrected chi connectivity index (χ4v) is 2.83. The average molecular weight is 202 g/mol. The van der Waals surface area contributed by atoms with Gasteiger partial charge in [0.1, 0.15) is 0 Å². The third kappa shape index (κ3) is 4.34. The molecule has 0 bridgehead atoms. The predicted molar refractivity (Wildman–Crippen MR) is 61.5 cm³/mol. The minimum atomic E-state index is 0.275. The lowest BCUT2D eigenvalue weighted by molar-refractivity contribution is 0.218. The van der Waals surface area contributed by atoms with Crippen molar-refractivity contribution >= 4 is 11.8 Å². The van der Waals surface area contributed by atoms with Crippen LogP contribution in [-0.2, 0) is 0 Å². The molecule has 0 aliphatic carbocycles. The van der Waals surface area contributed by atoms with Gasteiger partial charge in [0.05, 0.1) is 0 Å². The van der Waals surface area contributed by atoms with Gasteiger partial charge in [-0.05, 0) is 20.4 Å². The highest BCUT2D eigenvalue weighted by Gasteiger charge is 2.21. The van der Waals surface area contributed by atoms with Crippen LogP contribution >= 0.6 is 11.8 Å². The zero-order valence-electron chi connectivity index (χ0n) is 9.10. The predicted octanol–water partition coefficient (Wildman–Crippen LogP) is 1.42. The summed E-state index contributed by atoms with van der Waals surface area (Å²) < 4.78 is 0. The Kier molecular flexibility index (Phi) is 4.56. The zero-order valence-corrected chi connectivity index (χ0v) is 9.91. The molecular formula is C10H22N2S. The van der Waals surface area contributed by atoms with Crippen molar-refractivity contribution in [1.29, 1.82) is 0 Å². The van der Waals surface area contributed by atoms with Crippen molar-refractivity contribution in [2.75, 3.05) is 37.7 Å². The van der Waals surface area contributed by atoms with Crippen LogP contribution in [0.15, 0.2) is 0 Å². The first-order valence-electron chi connectivity index (χ1n) is 5.19. The maximum absolute atomic E-state index is 3.52. The van der Waals surface area contributed by atoms with E-state index in [1.807, 2.05) is 0 Å². The lowest BCUT2D eigenvalue weighted by Crippen LogP contribution is -2.50. The molecule has 1 saturated heterocycles. The van der Waals surface area contributed by atoms with Gasteiger partial charge in [-0.3, -0.25) is 4.90 Å². The molecule has 1 N–H and O–H groups in total. The molecule has 0 unspecified atom stereocenters. The Balaban J connectivity index is 2.28. The molecule has 2 nitrogen and oxygen atoms in total. The van der Waals surface area contributed by atoms with E-state index >= 15 is 0 Å². The van der Waals surface area contributed by atoms with Gasteiger partial charge in [-0.15, -0.1) is 0 Å². The molecule has 0 atom stereocenters. The van der Waals surface area contributed by atoms with Crippen molar-refractivity contribution in [3.05, 3.63) is 0 Å². The summed E-state index contributed by atoms with van der Waals surface area (Å²) in [5.74, 6) is 2.62. The quantitative estimate of drug-likeness (QED) is 0.742. The Morgan fingerprint density at radius 2 is 1.92 bits per heavy atom. The third-order valence-corrected chi connectivity index (χ3v) is 3.32. The molecule has 0 radical (unpaired) electrons. The van der Waals surface area contributed by atoms with Crippen molar-refractivity contribution < 1.29 is 0 Å². The van der Waals surface area contributed by atoms with E-state index in [-0.39, 0.29) is 5.54 Å². The summed E-state index contributed by atoms with van der Waals surface area (Å²) in [6.45, 7) is 11.5.